The molecule has 2 aromatic heterocycles. The van der Waals surface area contributed by atoms with Crippen LogP contribution in [0.4, 0.5) is 4.39 Å². The van der Waals surface area contributed by atoms with E-state index in [-0.39, 0.29) is 11.7 Å². The molecule has 3 nitrogen and oxygen atoms in total. The number of benzene rings is 2. The van der Waals surface area contributed by atoms with Crippen molar-refractivity contribution < 1.29 is 9.18 Å². The third kappa shape index (κ3) is 4.91. The number of nitrogens with one attached hydrogen (secondary N) is 1. The van der Waals surface area contributed by atoms with Crippen LogP contribution in [0.25, 0.3) is 10.9 Å². The summed E-state index contributed by atoms with van der Waals surface area (Å²) in [6.07, 6.45) is 5.86. The van der Waals surface area contributed by atoms with Crippen LogP contribution < -0.4 is 0 Å². The highest BCUT2D eigenvalue weighted by atomic mass is 35.5. The number of nitrogens with zero attached hydrogens (tertiary/aromatic N) is 1. The fourth-order valence-corrected chi connectivity index (χ4v) is 6.51. The largest absolute Gasteiger partial charge is 0.361 e. The Morgan fingerprint density at radius 2 is 1.97 bits per heavy atom. The van der Waals surface area contributed by atoms with Crippen molar-refractivity contribution in [2.45, 2.75) is 46.1 Å². The Morgan fingerprint density at radius 1 is 1.18 bits per heavy atom. The second-order valence-corrected chi connectivity index (χ2v) is 11.7. The fraction of sp³-hybridized carbons (Fsp3) is 0.321. The van der Waals surface area contributed by atoms with Crippen molar-refractivity contribution in [1.29, 1.82) is 0 Å². The van der Waals surface area contributed by atoms with E-state index >= 15 is 0 Å². The summed E-state index contributed by atoms with van der Waals surface area (Å²) in [6, 6.07) is 14.3. The number of amides is 1. The lowest BCUT2D eigenvalue weighted by Crippen LogP contribution is -2.32. The number of thiophene rings is 1. The van der Waals surface area contributed by atoms with Crippen molar-refractivity contribution in [1.82, 2.24) is 9.88 Å². The van der Waals surface area contributed by atoms with Crippen molar-refractivity contribution in [3.8, 4) is 0 Å². The maximum atomic E-state index is 13.8. The van der Waals surface area contributed by atoms with Crippen LogP contribution in [-0.2, 0) is 25.8 Å². The predicted octanol–water partition coefficient (Wildman–Crippen LogP) is 7.42. The summed E-state index contributed by atoms with van der Waals surface area (Å²) in [4.78, 5) is 21.6. The van der Waals surface area contributed by atoms with Crippen LogP contribution in [-0.4, -0.2) is 22.3 Å². The Morgan fingerprint density at radius 3 is 2.76 bits per heavy atom. The summed E-state index contributed by atoms with van der Waals surface area (Å²) in [5, 5.41) is 1.46. The first kappa shape index (κ1) is 23.1. The van der Waals surface area contributed by atoms with E-state index in [4.69, 9.17) is 11.6 Å². The van der Waals surface area contributed by atoms with Crippen LogP contribution in [0.15, 0.2) is 54.7 Å². The van der Waals surface area contributed by atoms with Crippen molar-refractivity contribution in [3.63, 3.8) is 0 Å². The van der Waals surface area contributed by atoms with Gasteiger partial charge in [0, 0.05) is 32.9 Å². The van der Waals surface area contributed by atoms with Gasteiger partial charge in [-0.3, -0.25) is 4.79 Å². The molecular weight excluding hydrogens is 467 g/mol. The van der Waals surface area contributed by atoms with E-state index in [9.17, 15) is 9.18 Å². The zero-order chi connectivity index (χ0) is 23.9. The van der Waals surface area contributed by atoms with E-state index in [1.165, 1.54) is 33.9 Å². The lowest BCUT2D eigenvalue weighted by molar-refractivity contribution is 0.0748. The normalized spacial score (nSPS) is 14.8. The molecule has 0 saturated heterocycles. The molecule has 0 aliphatic heterocycles. The molecule has 1 aliphatic carbocycles. The first-order valence-corrected chi connectivity index (χ1v) is 12.9. The number of carbonyl (C=O) groups excluding carboxylic acids is 1. The molecule has 5 rings (SSSR count). The number of aromatic nitrogens is 1. The van der Waals surface area contributed by atoms with E-state index in [1.54, 1.807) is 18.2 Å². The van der Waals surface area contributed by atoms with Crippen LogP contribution >= 0.6 is 22.9 Å². The van der Waals surface area contributed by atoms with E-state index in [0.29, 0.717) is 35.5 Å². The second-order valence-electron chi connectivity index (χ2n) is 10.0. The highest BCUT2D eigenvalue weighted by molar-refractivity contribution is 7.12. The molecule has 1 N–H and O–H groups in total. The Hall–Kier alpha value is -2.63. The standard InChI is InChI=1S/C28H28ClFN2OS/c1-28(2)10-7-19-14-23(34-25(19)16-28)17-32(12-9-18-3-5-22(30)6-4-18)27(33)24-15-21(29)13-20-8-11-31-26(20)24/h3-6,8,11,13-15,31H,7,9-10,12,16-17H2,1-2H3. The molecule has 0 fully saturated rings. The van der Waals surface area contributed by atoms with E-state index < -0.39 is 0 Å². The van der Waals surface area contributed by atoms with Crippen LogP contribution in [0.3, 0.4) is 0 Å². The molecule has 1 amide bonds. The van der Waals surface area contributed by atoms with Gasteiger partial charge < -0.3 is 9.88 Å². The SMILES string of the molecule is CC1(C)CCc2cc(CN(CCc3ccc(F)cc3)C(=O)c3cc(Cl)cc4cc[nH]c34)sc2C1. The Kier molecular flexibility index (Phi) is 6.26. The first-order valence-electron chi connectivity index (χ1n) is 11.7. The van der Waals surface area contributed by atoms with Gasteiger partial charge in [-0.05, 0) is 78.6 Å². The average molecular weight is 495 g/mol. The Balaban J connectivity index is 1.44. The van der Waals surface area contributed by atoms with Crippen molar-refractivity contribution in [2.24, 2.45) is 5.41 Å². The summed E-state index contributed by atoms with van der Waals surface area (Å²) in [5.41, 5.74) is 4.14. The number of halogens is 2. The third-order valence-electron chi connectivity index (χ3n) is 6.73. The molecule has 1 aliphatic rings. The van der Waals surface area contributed by atoms with E-state index in [0.717, 1.165) is 29.3 Å². The summed E-state index contributed by atoms with van der Waals surface area (Å²) in [5.74, 6) is -0.305. The van der Waals surface area contributed by atoms with E-state index in [1.807, 2.05) is 34.6 Å². The molecular formula is C28H28ClFN2OS. The van der Waals surface area contributed by atoms with Crippen LogP contribution in [0, 0.1) is 11.2 Å². The molecule has 0 spiro atoms. The summed E-state index contributed by atoms with van der Waals surface area (Å²) in [7, 11) is 0. The van der Waals surface area contributed by atoms with Gasteiger partial charge in [0.25, 0.3) is 5.91 Å². The minimum atomic E-state index is -0.253. The molecule has 176 valence electrons. The first-order chi connectivity index (χ1) is 16.3. The smallest absolute Gasteiger partial charge is 0.256 e. The lowest BCUT2D eigenvalue weighted by atomic mass is 9.78. The Labute approximate surface area is 208 Å². The van der Waals surface area contributed by atoms with Gasteiger partial charge in [0.2, 0.25) is 0 Å². The molecule has 34 heavy (non-hydrogen) atoms. The topological polar surface area (TPSA) is 36.1 Å². The second kappa shape index (κ2) is 9.20. The molecule has 2 aromatic carbocycles. The monoisotopic (exact) mass is 494 g/mol. The molecule has 0 unspecified atom stereocenters. The molecule has 4 aromatic rings. The lowest BCUT2D eigenvalue weighted by Gasteiger charge is -2.28. The minimum Gasteiger partial charge on any atom is -0.361 e. The zero-order valence-electron chi connectivity index (χ0n) is 19.5. The zero-order valence-corrected chi connectivity index (χ0v) is 21.0. The van der Waals surface area contributed by atoms with Gasteiger partial charge >= 0.3 is 0 Å². The average Bonchev–Trinajstić information content (AvgIpc) is 3.42. The van der Waals surface area contributed by atoms with Crippen molar-refractivity contribution in [3.05, 3.63) is 92.0 Å². The summed E-state index contributed by atoms with van der Waals surface area (Å²) < 4.78 is 13.4. The molecule has 0 bridgehead atoms. The van der Waals surface area contributed by atoms with Gasteiger partial charge in [-0.25, -0.2) is 4.39 Å². The van der Waals surface area contributed by atoms with Crippen molar-refractivity contribution >= 4 is 39.7 Å². The fourth-order valence-electron chi connectivity index (χ4n) is 4.79. The highest BCUT2D eigenvalue weighted by Crippen LogP contribution is 2.39. The number of aryl methyl sites for hydroxylation is 1. The van der Waals surface area contributed by atoms with Gasteiger partial charge in [0.1, 0.15) is 5.82 Å². The number of carbonyl (C=O) groups is 1. The van der Waals surface area contributed by atoms with Gasteiger partial charge in [0.15, 0.2) is 0 Å². The predicted molar refractivity (Wildman–Crippen MR) is 138 cm³/mol. The molecule has 0 atom stereocenters. The van der Waals surface area contributed by atoms with Gasteiger partial charge in [0.05, 0.1) is 17.6 Å². The highest BCUT2D eigenvalue weighted by Gasteiger charge is 2.28. The van der Waals surface area contributed by atoms with Crippen LogP contribution in [0.1, 0.15) is 51.5 Å². The summed E-state index contributed by atoms with van der Waals surface area (Å²) >= 11 is 8.19. The third-order valence-corrected chi connectivity index (χ3v) is 8.11. The quantitative estimate of drug-likeness (QED) is 0.297. The number of fused-ring (bicyclic) bond motifs is 2. The number of aromatic amines is 1. The summed E-state index contributed by atoms with van der Waals surface area (Å²) in [6.45, 7) is 5.74. The Bertz CT molecular complexity index is 1340. The molecule has 2 heterocycles. The maximum absolute atomic E-state index is 13.8. The molecule has 0 saturated carbocycles. The maximum Gasteiger partial charge on any atom is 0.256 e. The number of hydrogen-bond donors (Lipinski definition) is 1. The molecule has 0 radical (unpaired) electrons. The van der Waals surface area contributed by atoms with Crippen LogP contribution in [0.5, 0.6) is 0 Å². The van der Waals surface area contributed by atoms with Gasteiger partial charge in [-0.15, -0.1) is 11.3 Å². The van der Waals surface area contributed by atoms with Crippen LogP contribution in [0.2, 0.25) is 5.02 Å². The molecule has 6 heteroatoms. The number of rotatable bonds is 6. The van der Waals surface area contributed by atoms with Gasteiger partial charge in [-0.1, -0.05) is 37.6 Å². The van der Waals surface area contributed by atoms with E-state index in [2.05, 4.69) is 24.9 Å². The number of hydrogen-bond acceptors (Lipinski definition) is 2. The number of H-pyrrole nitrogens is 1. The van der Waals surface area contributed by atoms with Gasteiger partial charge in [-0.2, -0.15) is 0 Å². The van der Waals surface area contributed by atoms with Crippen molar-refractivity contribution in [2.75, 3.05) is 6.54 Å². The minimum absolute atomic E-state index is 0.0521.